The van der Waals surface area contributed by atoms with Gasteiger partial charge in [-0.3, -0.25) is 9.59 Å². The Balaban J connectivity index is 2.20. The molecule has 5 nitrogen and oxygen atoms in total. The lowest BCUT2D eigenvalue weighted by Crippen LogP contribution is -2.46. The molecule has 0 radical (unpaired) electrons. The SMILES string of the molecule is N#Cc1ccccc1C[C@H](NC(=O)c1ccccc1Cl)C(N)=O. The predicted octanol–water partition coefficient (Wildman–Crippen LogP) is 2.04. The van der Waals surface area contributed by atoms with Crippen LogP contribution >= 0.6 is 11.6 Å². The van der Waals surface area contributed by atoms with Gasteiger partial charge in [-0.25, -0.2) is 0 Å². The summed E-state index contributed by atoms with van der Waals surface area (Å²) in [5.41, 5.74) is 6.70. The van der Waals surface area contributed by atoms with Crippen LogP contribution in [0.5, 0.6) is 0 Å². The van der Waals surface area contributed by atoms with Crippen molar-refractivity contribution >= 4 is 23.4 Å². The van der Waals surface area contributed by atoms with E-state index in [1.807, 2.05) is 6.07 Å². The zero-order chi connectivity index (χ0) is 16.8. The average Bonchev–Trinajstić information content (AvgIpc) is 2.54. The van der Waals surface area contributed by atoms with Crippen LogP contribution in [0.15, 0.2) is 48.5 Å². The number of nitrogens with two attached hydrogens (primary N) is 1. The second kappa shape index (κ2) is 7.43. The van der Waals surface area contributed by atoms with Crippen LogP contribution < -0.4 is 11.1 Å². The number of carbonyl (C=O) groups excluding carboxylic acids is 2. The van der Waals surface area contributed by atoms with E-state index in [4.69, 9.17) is 22.6 Å². The van der Waals surface area contributed by atoms with Crippen LogP contribution in [-0.2, 0) is 11.2 Å². The van der Waals surface area contributed by atoms with Crippen molar-refractivity contribution in [2.75, 3.05) is 0 Å². The van der Waals surface area contributed by atoms with Crippen LogP contribution in [0, 0.1) is 11.3 Å². The summed E-state index contributed by atoms with van der Waals surface area (Å²) in [5, 5.41) is 11.9. The molecule has 0 fully saturated rings. The maximum Gasteiger partial charge on any atom is 0.253 e. The van der Waals surface area contributed by atoms with Gasteiger partial charge in [-0.2, -0.15) is 5.26 Å². The predicted molar refractivity (Wildman–Crippen MR) is 86.8 cm³/mol. The minimum Gasteiger partial charge on any atom is -0.368 e. The van der Waals surface area contributed by atoms with Crippen molar-refractivity contribution in [3.05, 3.63) is 70.2 Å². The molecule has 23 heavy (non-hydrogen) atoms. The van der Waals surface area contributed by atoms with E-state index in [0.29, 0.717) is 11.1 Å². The van der Waals surface area contributed by atoms with Crippen LogP contribution in [0.3, 0.4) is 0 Å². The summed E-state index contributed by atoms with van der Waals surface area (Å²) in [6.45, 7) is 0. The summed E-state index contributed by atoms with van der Waals surface area (Å²) in [6, 6.07) is 14.5. The fourth-order valence-corrected chi connectivity index (χ4v) is 2.35. The van der Waals surface area contributed by atoms with Gasteiger partial charge in [0.05, 0.1) is 22.2 Å². The highest BCUT2D eigenvalue weighted by atomic mass is 35.5. The molecular weight excluding hydrogens is 314 g/mol. The summed E-state index contributed by atoms with van der Waals surface area (Å²) in [7, 11) is 0. The van der Waals surface area contributed by atoms with Gasteiger partial charge in [-0.05, 0) is 23.8 Å². The van der Waals surface area contributed by atoms with Gasteiger partial charge in [0.2, 0.25) is 5.91 Å². The van der Waals surface area contributed by atoms with Crippen molar-refractivity contribution < 1.29 is 9.59 Å². The van der Waals surface area contributed by atoms with Crippen LogP contribution in [-0.4, -0.2) is 17.9 Å². The molecule has 0 heterocycles. The quantitative estimate of drug-likeness (QED) is 0.879. The van der Waals surface area contributed by atoms with E-state index in [2.05, 4.69) is 5.32 Å². The lowest BCUT2D eigenvalue weighted by Gasteiger charge is -2.16. The Morgan fingerprint density at radius 1 is 1.17 bits per heavy atom. The number of nitriles is 1. The zero-order valence-electron chi connectivity index (χ0n) is 12.1. The first kappa shape index (κ1) is 16.5. The molecule has 2 rings (SSSR count). The molecule has 0 aromatic heterocycles. The van der Waals surface area contributed by atoms with E-state index >= 15 is 0 Å². The number of primary amides is 1. The monoisotopic (exact) mass is 327 g/mol. The number of rotatable bonds is 5. The van der Waals surface area contributed by atoms with E-state index in [-0.39, 0.29) is 17.0 Å². The van der Waals surface area contributed by atoms with Crippen LogP contribution in [0.4, 0.5) is 0 Å². The van der Waals surface area contributed by atoms with Gasteiger partial charge in [-0.15, -0.1) is 0 Å². The van der Waals surface area contributed by atoms with Crippen molar-refractivity contribution in [2.24, 2.45) is 5.73 Å². The molecule has 0 spiro atoms. The summed E-state index contributed by atoms with van der Waals surface area (Å²) in [4.78, 5) is 23.9. The van der Waals surface area contributed by atoms with Crippen LogP contribution in [0.1, 0.15) is 21.5 Å². The van der Waals surface area contributed by atoms with Crippen LogP contribution in [0.2, 0.25) is 5.02 Å². The molecule has 1 atom stereocenters. The fraction of sp³-hybridized carbons (Fsp3) is 0.118. The maximum absolute atomic E-state index is 12.3. The van der Waals surface area contributed by atoms with E-state index in [1.165, 1.54) is 0 Å². The third-order valence-corrected chi connectivity index (χ3v) is 3.66. The van der Waals surface area contributed by atoms with E-state index in [0.717, 1.165) is 0 Å². The van der Waals surface area contributed by atoms with Gasteiger partial charge >= 0.3 is 0 Å². The van der Waals surface area contributed by atoms with Gasteiger partial charge in [0.25, 0.3) is 5.91 Å². The number of nitrogens with zero attached hydrogens (tertiary/aromatic N) is 1. The molecule has 2 aromatic carbocycles. The third kappa shape index (κ3) is 4.09. The number of amides is 2. The van der Waals surface area contributed by atoms with Crippen molar-refractivity contribution in [1.82, 2.24) is 5.32 Å². The minimum atomic E-state index is -0.937. The molecule has 0 bridgehead atoms. The summed E-state index contributed by atoms with van der Waals surface area (Å²) in [6.07, 6.45) is 0.134. The largest absolute Gasteiger partial charge is 0.368 e. The minimum absolute atomic E-state index is 0.134. The molecule has 0 aliphatic rings. The van der Waals surface area contributed by atoms with Crippen molar-refractivity contribution in [1.29, 1.82) is 5.26 Å². The van der Waals surface area contributed by atoms with Crippen LogP contribution in [0.25, 0.3) is 0 Å². The number of carbonyl (C=O) groups is 2. The third-order valence-electron chi connectivity index (χ3n) is 3.33. The summed E-state index contributed by atoms with van der Waals surface area (Å²) in [5.74, 6) is -1.17. The molecule has 0 aliphatic heterocycles. The second-order valence-corrected chi connectivity index (χ2v) is 5.29. The Labute approximate surface area is 138 Å². The molecule has 0 aliphatic carbocycles. The lowest BCUT2D eigenvalue weighted by atomic mass is 10.00. The molecule has 116 valence electrons. The van der Waals surface area contributed by atoms with Gasteiger partial charge in [-0.1, -0.05) is 41.9 Å². The van der Waals surface area contributed by atoms with Crippen molar-refractivity contribution in [2.45, 2.75) is 12.5 Å². The molecule has 0 saturated heterocycles. The first-order valence-corrected chi connectivity index (χ1v) is 7.23. The molecule has 0 unspecified atom stereocenters. The van der Waals surface area contributed by atoms with E-state index < -0.39 is 17.9 Å². The Hall–Kier alpha value is -2.84. The number of hydrogen-bond acceptors (Lipinski definition) is 3. The highest BCUT2D eigenvalue weighted by molar-refractivity contribution is 6.33. The highest BCUT2D eigenvalue weighted by Gasteiger charge is 2.21. The van der Waals surface area contributed by atoms with Gasteiger partial charge < -0.3 is 11.1 Å². The topological polar surface area (TPSA) is 96.0 Å². The Morgan fingerprint density at radius 2 is 1.83 bits per heavy atom. The average molecular weight is 328 g/mol. The molecular formula is C17H14ClN3O2. The van der Waals surface area contributed by atoms with Crippen molar-refractivity contribution in [3.8, 4) is 6.07 Å². The molecule has 2 aromatic rings. The zero-order valence-corrected chi connectivity index (χ0v) is 12.9. The molecule has 2 amide bonds. The first-order valence-electron chi connectivity index (χ1n) is 6.85. The van der Waals surface area contributed by atoms with Gasteiger partial charge in [0.1, 0.15) is 6.04 Å². The van der Waals surface area contributed by atoms with E-state index in [9.17, 15) is 9.59 Å². The molecule has 3 N–H and O–H groups in total. The fourth-order valence-electron chi connectivity index (χ4n) is 2.13. The molecule has 6 heteroatoms. The number of benzene rings is 2. The van der Waals surface area contributed by atoms with Gasteiger partial charge in [0.15, 0.2) is 0 Å². The smallest absolute Gasteiger partial charge is 0.253 e. The Morgan fingerprint density at radius 3 is 2.48 bits per heavy atom. The first-order chi connectivity index (χ1) is 11.0. The maximum atomic E-state index is 12.3. The Bertz CT molecular complexity index is 783. The summed E-state index contributed by atoms with van der Waals surface area (Å²) < 4.78 is 0. The standard InChI is InChI=1S/C17H14ClN3O2/c18-14-8-4-3-7-13(14)17(23)21-15(16(20)22)9-11-5-1-2-6-12(11)10-19/h1-8,15H,9H2,(H2,20,22)(H,21,23)/t15-/m0/s1. The van der Waals surface area contributed by atoms with E-state index in [1.54, 1.807) is 48.5 Å². The summed E-state index contributed by atoms with van der Waals surface area (Å²) >= 11 is 5.97. The van der Waals surface area contributed by atoms with Crippen molar-refractivity contribution in [3.63, 3.8) is 0 Å². The number of hydrogen-bond donors (Lipinski definition) is 2. The molecule has 0 saturated carbocycles. The lowest BCUT2D eigenvalue weighted by molar-refractivity contribution is -0.119. The number of halogens is 1. The second-order valence-electron chi connectivity index (χ2n) is 4.88. The normalized spacial score (nSPS) is 11.3. The number of nitrogens with one attached hydrogen (secondary N) is 1. The van der Waals surface area contributed by atoms with Gasteiger partial charge in [0, 0.05) is 6.42 Å². The highest BCUT2D eigenvalue weighted by Crippen LogP contribution is 2.15. The Kier molecular flexibility index (Phi) is 5.34.